The number of carbonyl (C=O) groups excluding carboxylic acids is 1. The van der Waals surface area contributed by atoms with Crippen LogP contribution in [-0.4, -0.2) is 50.2 Å². The highest BCUT2D eigenvalue weighted by molar-refractivity contribution is 5.78. The lowest BCUT2D eigenvalue weighted by Crippen LogP contribution is -2.45. The van der Waals surface area contributed by atoms with Crippen molar-refractivity contribution in [3.8, 4) is 11.4 Å². The van der Waals surface area contributed by atoms with Crippen LogP contribution in [0.1, 0.15) is 32.6 Å². The molecule has 1 aromatic carbocycles. The number of likely N-dealkylation sites (tertiary alicyclic amines) is 1. The van der Waals surface area contributed by atoms with Gasteiger partial charge in [0.05, 0.1) is 5.69 Å². The number of carbonyl (C=O) groups is 1. The van der Waals surface area contributed by atoms with Gasteiger partial charge in [-0.2, -0.15) is 0 Å². The van der Waals surface area contributed by atoms with Crippen molar-refractivity contribution in [3.05, 3.63) is 30.6 Å². The first-order valence-corrected chi connectivity index (χ1v) is 8.03. The summed E-state index contributed by atoms with van der Waals surface area (Å²) in [6.45, 7) is 3.04. The third-order valence-corrected chi connectivity index (χ3v) is 4.21. The van der Waals surface area contributed by atoms with Gasteiger partial charge < -0.3 is 9.64 Å². The fourth-order valence-corrected chi connectivity index (χ4v) is 2.98. The smallest absolute Gasteiger partial charge is 0.260 e. The van der Waals surface area contributed by atoms with Gasteiger partial charge in [0.25, 0.3) is 5.91 Å². The first-order chi connectivity index (χ1) is 11.3. The number of hydrogen-bond acceptors (Lipinski definition) is 5. The Kier molecular flexibility index (Phi) is 4.85. The number of rotatable bonds is 5. The van der Waals surface area contributed by atoms with Crippen LogP contribution in [0.25, 0.3) is 5.69 Å². The molecule has 2 aromatic rings. The molecule has 1 aliphatic heterocycles. The van der Waals surface area contributed by atoms with E-state index in [9.17, 15) is 4.79 Å². The molecule has 1 aromatic heterocycles. The lowest BCUT2D eigenvalue weighted by molar-refractivity contribution is -0.137. The molecule has 0 aliphatic carbocycles. The fraction of sp³-hybridized carbons (Fsp3) is 0.500. The van der Waals surface area contributed by atoms with Gasteiger partial charge in [-0.25, -0.2) is 4.68 Å². The number of benzene rings is 1. The van der Waals surface area contributed by atoms with E-state index in [1.54, 1.807) is 4.68 Å². The maximum atomic E-state index is 12.4. The highest BCUT2D eigenvalue weighted by Crippen LogP contribution is 2.20. The van der Waals surface area contributed by atoms with Crippen LogP contribution in [0, 0.1) is 0 Å². The van der Waals surface area contributed by atoms with Crippen molar-refractivity contribution in [2.75, 3.05) is 13.2 Å². The molecule has 23 heavy (non-hydrogen) atoms. The van der Waals surface area contributed by atoms with E-state index in [4.69, 9.17) is 4.74 Å². The molecule has 1 aliphatic rings. The van der Waals surface area contributed by atoms with Crippen LogP contribution in [0.2, 0.25) is 0 Å². The molecule has 1 saturated heterocycles. The van der Waals surface area contributed by atoms with Gasteiger partial charge >= 0.3 is 0 Å². The molecule has 0 spiro atoms. The second-order valence-electron chi connectivity index (χ2n) is 5.69. The molecule has 0 unspecified atom stereocenters. The average molecular weight is 315 g/mol. The zero-order valence-electron chi connectivity index (χ0n) is 13.3. The van der Waals surface area contributed by atoms with Gasteiger partial charge in [0.2, 0.25) is 0 Å². The molecule has 7 nitrogen and oxygen atoms in total. The molecule has 0 radical (unpaired) electrons. The summed E-state index contributed by atoms with van der Waals surface area (Å²) in [5.41, 5.74) is 0.796. The van der Waals surface area contributed by atoms with E-state index in [-0.39, 0.29) is 12.5 Å². The normalized spacial score (nSPS) is 18.0. The number of aromatic nitrogens is 4. The highest BCUT2D eigenvalue weighted by Gasteiger charge is 2.25. The Bertz CT molecular complexity index is 644. The predicted octanol–water partition coefficient (Wildman–Crippen LogP) is 1.83. The summed E-state index contributed by atoms with van der Waals surface area (Å²) in [4.78, 5) is 14.4. The van der Waals surface area contributed by atoms with E-state index in [2.05, 4.69) is 22.4 Å². The SMILES string of the molecule is CC[C@H]1CCCCN1C(=O)COc1cccc(-n2cnnn2)c1. The second kappa shape index (κ2) is 7.21. The van der Waals surface area contributed by atoms with Gasteiger partial charge in [-0.05, 0) is 48.2 Å². The van der Waals surface area contributed by atoms with Crippen molar-refractivity contribution < 1.29 is 9.53 Å². The van der Waals surface area contributed by atoms with Gasteiger partial charge in [-0.3, -0.25) is 4.79 Å². The monoisotopic (exact) mass is 315 g/mol. The van der Waals surface area contributed by atoms with Crippen LogP contribution in [0.5, 0.6) is 5.75 Å². The summed E-state index contributed by atoms with van der Waals surface area (Å²) in [5, 5.41) is 11.1. The van der Waals surface area contributed by atoms with E-state index >= 15 is 0 Å². The first-order valence-electron chi connectivity index (χ1n) is 8.03. The third-order valence-electron chi connectivity index (χ3n) is 4.21. The zero-order valence-corrected chi connectivity index (χ0v) is 13.3. The first kappa shape index (κ1) is 15.5. The summed E-state index contributed by atoms with van der Waals surface area (Å²) >= 11 is 0. The van der Waals surface area contributed by atoms with Crippen LogP contribution in [0.4, 0.5) is 0 Å². The van der Waals surface area contributed by atoms with E-state index < -0.39 is 0 Å². The zero-order chi connectivity index (χ0) is 16.1. The maximum Gasteiger partial charge on any atom is 0.260 e. The molecule has 0 N–H and O–H groups in total. The molecule has 1 fully saturated rings. The molecule has 0 saturated carbocycles. The Morgan fingerprint density at radius 3 is 3.09 bits per heavy atom. The average Bonchev–Trinajstić information content (AvgIpc) is 3.14. The van der Waals surface area contributed by atoms with Gasteiger partial charge in [0, 0.05) is 18.7 Å². The number of ether oxygens (including phenoxy) is 1. The van der Waals surface area contributed by atoms with E-state index in [0.29, 0.717) is 11.8 Å². The number of nitrogens with zero attached hydrogens (tertiary/aromatic N) is 5. The van der Waals surface area contributed by atoms with Crippen LogP contribution in [-0.2, 0) is 4.79 Å². The van der Waals surface area contributed by atoms with Crippen LogP contribution in [0.3, 0.4) is 0 Å². The van der Waals surface area contributed by atoms with E-state index in [1.165, 1.54) is 12.7 Å². The Morgan fingerprint density at radius 1 is 1.39 bits per heavy atom. The molecule has 7 heteroatoms. The predicted molar refractivity (Wildman–Crippen MR) is 84.3 cm³/mol. The molecule has 3 rings (SSSR count). The Balaban J connectivity index is 1.61. The van der Waals surface area contributed by atoms with Crippen molar-refractivity contribution in [3.63, 3.8) is 0 Å². The molecule has 1 amide bonds. The highest BCUT2D eigenvalue weighted by atomic mass is 16.5. The van der Waals surface area contributed by atoms with E-state index in [1.807, 2.05) is 29.2 Å². The Morgan fingerprint density at radius 2 is 2.30 bits per heavy atom. The minimum Gasteiger partial charge on any atom is -0.484 e. The Labute approximate surface area is 135 Å². The number of amides is 1. The molecule has 0 bridgehead atoms. The largest absolute Gasteiger partial charge is 0.484 e. The van der Waals surface area contributed by atoms with Crippen LogP contribution in [0.15, 0.2) is 30.6 Å². The lowest BCUT2D eigenvalue weighted by atomic mass is 10.00. The van der Waals surface area contributed by atoms with Gasteiger partial charge in [-0.15, -0.1) is 5.10 Å². The number of hydrogen-bond donors (Lipinski definition) is 0. The van der Waals surface area contributed by atoms with Crippen molar-refractivity contribution in [1.82, 2.24) is 25.1 Å². The van der Waals surface area contributed by atoms with Gasteiger partial charge in [0.15, 0.2) is 6.61 Å². The topological polar surface area (TPSA) is 73.1 Å². The summed E-state index contributed by atoms with van der Waals surface area (Å²) in [5.74, 6) is 0.695. The summed E-state index contributed by atoms with van der Waals surface area (Å²) in [6.07, 6.45) is 5.90. The quantitative estimate of drug-likeness (QED) is 0.841. The minimum atomic E-state index is 0.0596. The second-order valence-corrected chi connectivity index (χ2v) is 5.69. The van der Waals surface area contributed by atoms with Crippen LogP contribution >= 0.6 is 0 Å². The number of tetrazole rings is 1. The minimum absolute atomic E-state index is 0.0596. The maximum absolute atomic E-state index is 12.4. The summed E-state index contributed by atoms with van der Waals surface area (Å²) in [6, 6.07) is 7.73. The Hall–Kier alpha value is -2.44. The molecular weight excluding hydrogens is 294 g/mol. The lowest BCUT2D eigenvalue weighted by Gasteiger charge is -2.35. The standard InChI is InChI=1S/C16H21N5O2/c1-2-13-6-3-4-9-20(13)16(22)11-23-15-8-5-7-14(10-15)21-12-17-18-19-21/h5,7-8,10,12-13H,2-4,6,9,11H2,1H3/t13-/m0/s1. The third kappa shape index (κ3) is 3.67. The van der Waals surface area contributed by atoms with Crippen molar-refractivity contribution in [2.45, 2.75) is 38.6 Å². The van der Waals surface area contributed by atoms with Crippen molar-refractivity contribution in [1.29, 1.82) is 0 Å². The fourth-order valence-electron chi connectivity index (χ4n) is 2.98. The van der Waals surface area contributed by atoms with Crippen molar-refractivity contribution in [2.24, 2.45) is 0 Å². The summed E-state index contributed by atoms with van der Waals surface area (Å²) in [7, 11) is 0. The molecule has 122 valence electrons. The molecular formula is C16H21N5O2. The van der Waals surface area contributed by atoms with Crippen LogP contribution < -0.4 is 4.74 Å². The van der Waals surface area contributed by atoms with Crippen molar-refractivity contribution >= 4 is 5.91 Å². The van der Waals surface area contributed by atoms with Gasteiger partial charge in [-0.1, -0.05) is 13.0 Å². The summed E-state index contributed by atoms with van der Waals surface area (Å²) < 4.78 is 7.23. The molecule has 2 heterocycles. The number of piperidine rings is 1. The molecule has 1 atom stereocenters. The van der Waals surface area contributed by atoms with E-state index in [0.717, 1.165) is 31.5 Å². The van der Waals surface area contributed by atoms with Gasteiger partial charge in [0.1, 0.15) is 12.1 Å².